The second-order valence-corrected chi connectivity index (χ2v) is 4.66. The van der Waals surface area contributed by atoms with Crippen molar-refractivity contribution >= 4 is 0 Å². The van der Waals surface area contributed by atoms with E-state index < -0.39 is 0 Å². The molecule has 0 amide bonds. The molecule has 6 heteroatoms. The van der Waals surface area contributed by atoms with E-state index in [1.54, 1.807) is 11.0 Å². The second-order valence-electron chi connectivity index (χ2n) is 4.66. The first-order valence-corrected chi connectivity index (χ1v) is 6.17. The Hall–Kier alpha value is -1.82. The first-order chi connectivity index (χ1) is 8.72. The molecule has 0 unspecified atom stereocenters. The van der Waals surface area contributed by atoms with Crippen LogP contribution in [0.1, 0.15) is 30.2 Å². The van der Waals surface area contributed by atoms with E-state index >= 15 is 0 Å². The van der Waals surface area contributed by atoms with Gasteiger partial charge in [0.15, 0.2) is 5.82 Å². The molecule has 1 aliphatic rings. The van der Waals surface area contributed by atoms with Gasteiger partial charge in [-0.2, -0.15) is 9.78 Å². The van der Waals surface area contributed by atoms with Crippen LogP contribution in [0.2, 0.25) is 0 Å². The largest absolute Gasteiger partial charge is 0.307 e. The molecule has 0 saturated heterocycles. The molecule has 0 spiro atoms. The Kier molecular flexibility index (Phi) is 2.79. The Morgan fingerprint density at radius 1 is 1.33 bits per heavy atom. The van der Waals surface area contributed by atoms with Gasteiger partial charge in [0.05, 0.1) is 6.54 Å². The number of aromatic nitrogens is 5. The van der Waals surface area contributed by atoms with E-state index in [1.807, 2.05) is 19.9 Å². The van der Waals surface area contributed by atoms with Crippen LogP contribution in [-0.2, 0) is 6.54 Å². The molecule has 2 aromatic rings. The molecule has 18 heavy (non-hydrogen) atoms. The highest BCUT2D eigenvalue weighted by Crippen LogP contribution is 2.19. The lowest BCUT2D eigenvalue weighted by atomic mass is 10.4. The third-order valence-corrected chi connectivity index (χ3v) is 2.91. The van der Waals surface area contributed by atoms with Gasteiger partial charge in [0.2, 0.25) is 0 Å². The summed E-state index contributed by atoms with van der Waals surface area (Å²) in [6, 6.07) is 2.58. The summed E-state index contributed by atoms with van der Waals surface area (Å²) >= 11 is 0. The monoisotopic (exact) mass is 244 g/mol. The Morgan fingerprint density at radius 2 is 2.17 bits per heavy atom. The van der Waals surface area contributed by atoms with Crippen molar-refractivity contribution in [1.82, 2.24) is 30.0 Å². The summed E-state index contributed by atoms with van der Waals surface area (Å²) in [4.78, 5) is 13.0. The van der Waals surface area contributed by atoms with Gasteiger partial charge >= 0.3 is 0 Å². The zero-order valence-electron chi connectivity index (χ0n) is 10.6. The molecular formula is C12H16N6. The van der Waals surface area contributed by atoms with Crippen molar-refractivity contribution in [3.8, 4) is 5.82 Å². The number of hydrogen-bond acceptors (Lipinski definition) is 5. The number of nitrogens with one attached hydrogen (secondary N) is 1. The van der Waals surface area contributed by atoms with Crippen molar-refractivity contribution in [2.45, 2.75) is 39.3 Å². The molecule has 0 bridgehead atoms. The maximum absolute atomic E-state index is 4.40. The van der Waals surface area contributed by atoms with Gasteiger partial charge in [0.1, 0.15) is 18.0 Å². The number of nitrogens with zero attached hydrogens (tertiary/aromatic N) is 5. The minimum atomic E-state index is 0.657. The summed E-state index contributed by atoms with van der Waals surface area (Å²) in [5.41, 5.74) is 0.939. The summed E-state index contributed by atoms with van der Waals surface area (Å²) in [6.07, 6.45) is 4.09. The molecule has 0 atom stereocenters. The van der Waals surface area contributed by atoms with Crippen molar-refractivity contribution in [2.24, 2.45) is 0 Å². The first kappa shape index (κ1) is 11.3. The Morgan fingerprint density at radius 3 is 2.89 bits per heavy atom. The van der Waals surface area contributed by atoms with Crippen molar-refractivity contribution in [3.05, 3.63) is 29.7 Å². The van der Waals surface area contributed by atoms with Crippen molar-refractivity contribution < 1.29 is 0 Å². The molecule has 1 aliphatic carbocycles. The van der Waals surface area contributed by atoms with Crippen LogP contribution >= 0.6 is 0 Å². The van der Waals surface area contributed by atoms with E-state index in [4.69, 9.17) is 0 Å². The lowest BCUT2D eigenvalue weighted by Crippen LogP contribution is -2.19. The van der Waals surface area contributed by atoms with E-state index in [0.717, 1.165) is 29.7 Å². The highest BCUT2D eigenvalue weighted by atomic mass is 15.4. The van der Waals surface area contributed by atoms with Gasteiger partial charge in [-0.05, 0) is 26.7 Å². The average molecular weight is 244 g/mol. The van der Waals surface area contributed by atoms with Crippen molar-refractivity contribution in [3.63, 3.8) is 0 Å². The van der Waals surface area contributed by atoms with Crippen molar-refractivity contribution in [1.29, 1.82) is 0 Å². The fraction of sp³-hybridized carbons (Fsp3) is 0.500. The standard InChI is InChI=1S/C12H16N6/c1-8-5-11(17-9(2)16-8)18-12(14-7-15-18)6-13-10-3-4-10/h5,7,10,13H,3-4,6H2,1-2H3. The lowest BCUT2D eigenvalue weighted by molar-refractivity contribution is 0.632. The third kappa shape index (κ3) is 2.38. The van der Waals surface area contributed by atoms with Gasteiger partial charge in [-0.25, -0.2) is 15.0 Å². The first-order valence-electron chi connectivity index (χ1n) is 6.17. The second kappa shape index (κ2) is 4.45. The third-order valence-electron chi connectivity index (χ3n) is 2.91. The normalized spacial score (nSPS) is 15.0. The summed E-state index contributed by atoms with van der Waals surface area (Å²) in [5, 5.41) is 7.67. The maximum Gasteiger partial charge on any atom is 0.159 e. The Balaban J connectivity index is 1.87. The van der Waals surface area contributed by atoms with Crippen LogP contribution in [-0.4, -0.2) is 30.8 Å². The van der Waals surface area contributed by atoms with E-state index in [0.29, 0.717) is 6.04 Å². The van der Waals surface area contributed by atoms with Crippen LogP contribution < -0.4 is 5.32 Å². The zero-order valence-corrected chi connectivity index (χ0v) is 10.6. The predicted molar refractivity (Wildman–Crippen MR) is 66.3 cm³/mol. The Labute approximate surface area is 105 Å². The summed E-state index contributed by atoms with van der Waals surface area (Å²) < 4.78 is 1.77. The highest BCUT2D eigenvalue weighted by Gasteiger charge is 2.21. The van der Waals surface area contributed by atoms with Crippen molar-refractivity contribution in [2.75, 3.05) is 0 Å². The molecule has 0 radical (unpaired) electrons. The molecule has 2 aromatic heterocycles. The molecule has 2 heterocycles. The maximum atomic E-state index is 4.40. The molecule has 94 valence electrons. The molecule has 1 saturated carbocycles. The average Bonchev–Trinajstić information content (AvgIpc) is 3.02. The quantitative estimate of drug-likeness (QED) is 0.866. The minimum Gasteiger partial charge on any atom is -0.307 e. The van der Waals surface area contributed by atoms with Gasteiger partial charge in [-0.1, -0.05) is 0 Å². The van der Waals surface area contributed by atoms with Gasteiger partial charge in [-0.15, -0.1) is 0 Å². The number of aryl methyl sites for hydroxylation is 2. The van der Waals surface area contributed by atoms with E-state index in [-0.39, 0.29) is 0 Å². The fourth-order valence-electron chi connectivity index (χ4n) is 1.91. The van der Waals surface area contributed by atoms with Crippen LogP contribution in [0.4, 0.5) is 0 Å². The smallest absolute Gasteiger partial charge is 0.159 e. The topological polar surface area (TPSA) is 68.5 Å². The van der Waals surface area contributed by atoms with Crippen LogP contribution in [0, 0.1) is 13.8 Å². The lowest BCUT2D eigenvalue weighted by Gasteiger charge is -2.07. The van der Waals surface area contributed by atoms with Gasteiger partial charge < -0.3 is 5.32 Å². The van der Waals surface area contributed by atoms with Crippen LogP contribution in [0.15, 0.2) is 12.4 Å². The molecule has 0 aliphatic heterocycles. The zero-order chi connectivity index (χ0) is 12.5. The van der Waals surface area contributed by atoms with Gasteiger partial charge in [-0.3, -0.25) is 0 Å². The number of rotatable bonds is 4. The number of hydrogen-bond donors (Lipinski definition) is 1. The van der Waals surface area contributed by atoms with E-state index in [1.165, 1.54) is 12.8 Å². The fourth-order valence-corrected chi connectivity index (χ4v) is 1.91. The summed E-state index contributed by atoms with van der Waals surface area (Å²) in [7, 11) is 0. The predicted octanol–water partition coefficient (Wildman–Crippen LogP) is 0.926. The summed E-state index contributed by atoms with van der Waals surface area (Å²) in [6.45, 7) is 4.57. The minimum absolute atomic E-state index is 0.657. The van der Waals surface area contributed by atoms with E-state index in [9.17, 15) is 0 Å². The van der Waals surface area contributed by atoms with Crippen LogP contribution in [0.25, 0.3) is 5.82 Å². The Bertz CT molecular complexity index is 537. The molecular weight excluding hydrogens is 228 g/mol. The highest BCUT2D eigenvalue weighted by molar-refractivity contribution is 5.24. The molecule has 1 N–H and O–H groups in total. The molecule has 1 fully saturated rings. The molecule has 3 rings (SSSR count). The van der Waals surface area contributed by atoms with Crippen LogP contribution in [0.3, 0.4) is 0 Å². The van der Waals surface area contributed by atoms with Gasteiger partial charge in [0.25, 0.3) is 0 Å². The molecule has 6 nitrogen and oxygen atoms in total. The summed E-state index contributed by atoms with van der Waals surface area (Å²) in [5.74, 6) is 2.42. The van der Waals surface area contributed by atoms with Crippen LogP contribution in [0.5, 0.6) is 0 Å². The van der Waals surface area contributed by atoms with E-state index in [2.05, 4.69) is 25.4 Å². The SMILES string of the molecule is Cc1cc(-n2ncnc2CNC2CC2)nc(C)n1. The molecule has 0 aromatic carbocycles. The van der Waals surface area contributed by atoms with Gasteiger partial charge in [0, 0.05) is 17.8 Å².